The van der Waals surface area contributed by atoms with Crippen LogP contribution < -0.4 is 21.3 Å². The van der Waals surface area contributed by atoms with Crippen molar-refractivity contribution < 1.29 is 34.5 Å². The number of aromatic nitrogens is 2. The highest BCUT2D eigenvalue weighted by Crippen LogP contribution is 2.44. The van der Waals surface area contributed by atoms with Gasteiger partial charge in [0.05, 0.1) is 18.6 Å². The number of carbonyl (C=O) groups excluding carboxylic acids is 2. The van der Waals surface area contributed by atoms with E-state index in [2.05, 4.69) is 20.6 Å². The minimum absolute atomic E-state index is 0.00154. The van der Waals surface area contributed by atoms with Crippen molar-refractivity contribution in [2.45, 2.75) is 71.1 Å². The van der Waals surface area contributed by atoms with E-state index in [9.17, 15) is 34.5 Å². The lowest BCUT2D eigenvalue weighted by Gasteiger charge is -2.17. The average molecular weight is 639 g/mol. The summed E-state index contributed by atoms with van der Waals surface area (Å²) in [6.07, 6.45) is 6.95. The molecule has 3 unspecified atom stereocenters. The van der Waals surface area contributed by atoms with Crippen LogP contribution in [0.2, 0.25) is 0 Å². The normalized spacial score (nSPS) is 27.8. The minimum atomic E-state index is -0.920. The Morgan fingerprint density at radius 1 is 0.911 bits per heavy atom. The summed E-state index contributed by atoms with van der Waals surface area (Å²) >= 11 is 1.77. The highest BCUT2D eigenvalue weighted by Gasteiger charge is 2.49. The van der Waals surface area contributed by atoms with E-state index >= 15 is 0 Å². The molecule has 5 rings (SSSR count). The molecule has 6 atom stereocenters. The molecule has 0 saturated carbocycles. The molecular formula is C33H42N4O7S. The number of rotatable bonds is 12. The van der Waals surface area contributed by atoms with Gasteiger partial charge in [-0.05, 0) is 73.6 Å². The van der Waals surface area contributed by atoms with Gasteiger partial charge in [-0.25, -0.2) is 0 Å². The third kappa shape index (κ3) is 6.76. The number of aliphatic hydroxyl groups is 1. The summed E-state index contributed by atoms with van der Waals surface area (Å²) in [6, 6.07) is -0.278. The lowest BCUT2D eigenvalue weighted by Crippen LogP contribution is -2.31. The van der Waals surface area contributed by atoms with Crippen molar-refractivity contribution in [1.82, 2.24) is 20.6 Å². The number of nitrogens with one attached hydrogen (secondary N) is 4. The number of H-pyrrole nitrogens is 2. The zero-order chi connectivity index (χ0) is 32.6. The first-order valence-electron chi connectivity index (χ1n) is 15.5. The molecule has 0 spiro atoms. The smallest absolute Gasteiger partial charge is 0.303 e. The van der Waals surface area contributed by atoms with Crippen molar-refractivity contribution in [3.8, 4) is 0 Å². The van der Waals surface area contributed by atoms with Gasteiger partial charge in [0.2, 0.25) is 11.8 Å². The first-order valence-corrected chi connectivity index (χ1v) is 16.6. The third-order valence-electron chi connectivity index (χ3n) is 9.66. The molecule has 12 heteroatoms. The van der Waals surface area contributed by atoms with Crippen LogP contribution in [-0.4, -0.2) is 72.7 Å². The molecule has 3 aliphatic rings. The van der Waals surface area contributed by atoms with E-state index in [1.807, 2.05) is 45.9 Å². The topological polar surface area (TPSA) is 185 Å². The van der Waals surface area contributed by atoms with E-state index in [4.69, 9.17) is 0 Å². The maximum Gasteiger partial charge on any atom is 0.303 e. The van der Waals surface area contributed by atoms with Gasteiger partial charge in [-0.1, -0.05) is 13.8 Å². The van der Waals surface area contributed by atoms with E-state index in [0.29, 0.717) is 16.3 Å². The van der Waals surface area contributed by atoms with Gasteiger partial charge in [0.1, 0.15) is 0 Å². The first-order chi connectivity index (χ1) is 21.4. The number of carbonyl (C=O) groups is 4. The Morgan fingerprint density at radius 2 is 1.58 bits per heavy atom. The summed E-state index contributed by atoms with van der Waals surface area (Å²) < 4.78 is 0. The molecule has 3 aliphatic heterocycles. The van der Waals surface area contributed by atoms with Crippen LogP contribution in [0, 0.1) is 37.5 Å². The predicted octanol–water partition coefficient (Wildman–Crippen LogP) is 1.57. The molecule has 0 radical (unpaired) electrons. The van der Waals surface area contributed by atoms with Crippen LogP contribution >= 0.6 is 11.8 Å². The van der Waals surface area contributed by atoms with Crippen LogP contribution in [-0.2, 0) is 32.0 Å². The van der Waals surface area contributed by atoms with Gasteiger partial charge in [0.25, 0.3) is 0 Å². The van der Waals surface area contributed by atoms with Crippen LogP contribution in [0.1, 0.15) is 66.8 Å². The summed E-state index contributed by atoms with van der Waals surface area (Å²) in [7, 11) is 0. The van der Waals surface area contributed by atoms with E-state index in [0.717, 1.165) is 51.2 Å². The van der Waals surface area contributed by atoms with Crippen molar-refractivity contribution >= 4 is 53.7 Å². The molecule has 3 fully saturated rings. The number of hydrogen-bond acceptors (Lipinski definition) is 6. The van der Waals surface area contributed by atoms with Crippen LogP contribution in [0.5, 0.6) is 0 Å². The Balaban J connectivity index is 1.61. The maximum atomic E-state index is 12.6. The van der Waals surface area contributed by atoms with Gasteiger partial charge in [-0.2, -0.15) is 11.8 Å². The molecule has 5 heterocycles. The quantitative estimate of drug-likeness (QED) is 0.171. The second-order valence-corrected chi connectivity index (χ2v) is 13.6. The number of amides is 2. The highest BCUT2D eigenvalue weighted by molar-refractivity contribution is 8.06. The fourth-order valence-corrected chi connectivity index (χ4v) is 7.83. The molecule has 0 aliphatic carbocycles. The fourth-order valence-electron chi connectivity index (χ4n) is 6.92. The molecule has 0 bridgehead atoms. The molecular weight excluding hydrogens is 596 g/mol. The predicted molar refractivity (Wildman–Crippen MR) is 172 cm³/mol. The summed E-state index contributed by atoms with van der Waals surface area (Å²) in [5.74, 6) is -1.65. The zero-order valence-electron chi connectivity index (χ0n) is 26.0. The van der Waals surface area contributed by atoms with E-state index < -0.39 is 17.9 Å². The second-order valence-electron chi connectivity index (χ2n) is 12.4. The molecule has 45 heavy (non-hydrogen) atoms. The van der Waals surface area contributed by atoms with Crippen LogP contribution in [0.3, 0.4) is 0 Å². The van der Waals surface area contributed by atoms with E-state index in [-0.39, 0.29) is 67.9 Å². The first kappa shape index (κ1) is 32.6. The molecule has 242 valence electrons. The summed E-state index contributed by atoms with van der Waals surface area (Å²) in [5.41, 5.74) is 5.69. The van der Waals surface area contributed by atoms with Crippen LogP contribution in [0.15, 0.2) is 5.70 Å². The zero-order valence-corrected chi connectivity index (χ0v) is 26.8. The van der Waals surface area contributed by atoms with Crippen molar-refractivity contribution in [2.24, 2.45) is 23.7 Å². The average Bonchev–Trinajstić information content (AvgIpc) is 3.54. The third-order valence-corrected chi connectivity index (χ3v) is 10.7. The van der Waals surface area contributed by atoms with Gasteiger partial charge in [0.15, 0.2) is 0 Å². The maximum absolute atomic E-state index is 12.6. The molecule has 2 aromatic heterocycles. The molecule has 0 aromatic carbocycles. The van der Waals surface area contributed by atoms with Crippen molar-refractivity contribution in [2.75, 3.05) is 12.4 Å². The Morgan fingerprint density at radius 3 is 2.16 bits per heavy atom. The summed E-state index contributed by atoms with van der Waals surface area (Å²) in [5, 5.41) is 36.7. The lowest BCUT2D eigenvalue weighted by molar-refractivity contribution is -0.138. The lowest BCUT2D eigenvalue weighted by atomic mass is 9.88. The number of aromatic amines is 2. The van der Waals surface area contributed by atoms with E-state index in [1.54, 1.807) is 11.8 Å². The second kappa shape index (κ2) is 13.3. The highest BCUT2D eigenvalue weighted by atomic mass is 32.2. The molecule has 2 aromatic rings. The number of thioether (sulfide) groups is 1. The van der Waals surface area contributed by atoms with Crippen molar-refractivity contribution in [3.63, 3.8) is 0 Å². The van der Waals surface area contributed by atoms with E-state index in [1.165, 1.54) is 0 Å². The number of carboxylic acids is 2. The van der Waals surface area contributed by atoms with Gasteiger partial charge in [-0.3, -0.25) is 19.2 Å². The summed E-state index contributed by atoms with van der Waals surface area (Å²) in [6.45, 7) is 7.65. The molecule has 2 amide bonds. The molecule has 3 saturated heterocycles. The van der Waals surface area contributed by atoms with Crippen LogP contribution in [0.4, 0.5) is 0 Å². The largest absolute Gasteiger partial charge is 0.481 e. The number of hydrogen-bond donors (Lipinski definition) is 7. The van der Waals surface area contributed by atoms with Crippen molar-refractivity contribution in [3.05, 3.63) is 50.0 Å². The summed E-state index contributed by atoms with van der Waals surface area (Å²) in [4.78, 5) is 55.2. The SMILES string of the molecule is CCC1C(=O)N/C(=C\c2[nH]c(/C=c3\[nH]/c(=C/C4NC(=O)[C@H](CO)[C@H]4[C@@H]4CS4)c(C)c3CCC(=O)O)c(CCC(=O)O)c2C)C1C. The van der Waals surface area contributed by atoms with Crippen LogP contribution in [0.25, 0.3) is 18.2 Å². The number of carboxylic acid groups (broad SMARTS) is 2. The molecule has 11 nitrogen and oxygen atoms in total. The van der Waals surface area contributed by atoms with Gasteiger partial charge >= 0.3 is 11.9 Å². The minimum Gasteiger partial charge on any atom is -0.481 e. The Kier molecular flexibility index (Phi) is 9.64. The Hall–Kier alpha value is -3.77. The fraction of sp³-hybridized carbons (Fsp3) is 0.515. The number of allylic oxidation sites excluding steroid dienone is 1. The Labute approximate surface area is 265 Å². The van der Waals surface area contributed by atoms with Crippen molar-refractivity contribution in [1.29, 1.82) is 0 Å². The van der Waals surface area contributed by atoms with Gasteiger partial charge < -0.3 is 35.9 Å². The monoisotopic (exact) mass is 638 g/mol. The van der Waals surface area contributed by atoms with Gasteiger partial charge in [-0.15, -0.1) is 0 Å². The van der Waals surface area contributed by atoms with Gasteiger partial charge in [0, 0.05) is 69.4 Å². The molecule has 7 N–H and O–H groups in total. The standard InChI is InChI=1S/C33H42N4O7S/c1-5-18-15(2)24(36-32(18)43)10-22-16(3)19(6-8-29(39)40)25(34-22)12-26-20(7-9-30(41)42)17(4)23(35-26)11-27-31(28-14-45-28)21(13-38)33(44)37-27/h10-12,15,18,21,27-28,31,34-35,38H,5-9,13-14H2,1-4H3,(H,36,43)(H,37,44)(H,39,40)(H,41,42)/b23-11+,24-10-,26-12-/t15?,18?,21-,27?,28+,31-/m1/s1. The Bertz CT molecular complexity index is 1670. The number of aliphatic carboxylic acids is 2. The number of aliphatic hydroxyl groups excluding tert-OH is 1.